The molecule has 1 aliphatic rings. The molecule has 0 atom stereocenters. The topological polar surface area (TPSA) is 32.3 Å². The number of hydrogen-bond donors (Lipinski definition) is 2. The van der Waals surface area contributed by atoms with Crippen molar-refractivity contribution in [1.82, 2.24) is 5.32 Å². The molecule has 18 heavy (non-hydrogen) atoms. The summed E-state index contributed by atoms with van der Waals surface area (Å²) in [4.78, 5) is 0. The molecule has 0 aliphatic heterocycles. The molecular formula is C16H33NO. The Morgan fingerprint density at radius 1 is 0.889 bits per heavy atom. The van der Waals surface area contributed by atoms with Crippen LogP contribution in [0.15, 0.2) is 0 Å². The number of nitrogens with one attached hydrogen (secondary N) is 1. The highest BCUT2D eigenvalue weighted by Crippen LogP contribution is 2.28. The minimum Gasteiger partial charge on any atom is -0.389 e. The maximum absolute atomic E-state index is 10.2. The lowest BCUT2D eigenvalue weighted by Gasteiger charge is -2.22. The molecule has 0 heterocycles. The van der Waals surface area contributed by atoms with Gasteiger partial charge in [-0.2, -0.15) is 0 Å². The third-order valence-corrected chi connectivity index (χ3v) is 4.20. The normalized spacial score (nSPS) is 18.3. The van der Waals surface area contributed by atoms with Gasteiger partial charge in [0.2, 0.25) is 0 Å². The molecule has 2 nitrogen and oxygen atoms in total. The van der Waals surface area contributed by atoms with E-state index in [-0.39, 0.29) is 5.60 Å². The van der Waals surface area contributed by atoms with Crippen LogP contribution in [0.3, 0.4) is 0 Å². The van der Waals surface area contributed by atoms with Crippen molar-refractivity contribution in [2.45, 2.75) is 89.6 Å². The molecule has 0 radical (unpaired) electrons. The zero-order valence-corrected chi connectivity index (χ0v) is 12.3. The third kappa shape index (κ3) is 7.38. The molecule has 1 saturated carbocycles. The fourth-order valence-electron chi connectivity index (χ4n) is 2.91. The van der Waals surface area contributed by atoms with Gasteiger partial charge in [-0.1, -0.05) is 64.7 Å². The van der Waals surface area contributed by atoms with Gasteiger partial charge in [0.05, 0.1) is 5.60 Å². The van der Waals surface area contributed by atoms with Gasteiger partial charge < -0.3 is 10.4 Å². The highest BCUT2D eigenvalue weighted by Gasteiger charge is 2.30. The lowest BCUT2D eigenvalue weighted by Crippen LogP contribution is -2.38. The molecule has 0 saturated heterocycles. The molecule has 0 spiro atoms. The van der Waals surface area contributed by atoms with Crippen molar-refractivity contribution >= 4 is 0 Å². The van der Waals surface area contributed by atoms with E-state index in [9.17, 15) is 5.11 Å². The van der Waals surface area contributed by atoms with E-state index < -0.39 is 0 Å². The van der Waals surface area contributed by atoms with Crippen LogP contribution in [0.2, 0.25) is 0 Å². The summed E-state index contributed by atoms with van der Waals surface area (Å²) in [5.41, 5.74) is -0.375. The van der Waals surface area contributed by atoms with Crippen molar-refractivity contribution in [3.8, 4) is 0 Å². The minimum absolute atomic E-state index is 0.375. The summed E-state index contributed by atoms with van der Waals surface area (Å²) < 4.78 is 0. The van der Waals surface area contributed by atoms with Crippen molar-refractivity contribution < 1.29 is 5.11 Å². The molecule has 0 bridgehead atoms. The van der Waals surface area contributed by atoms with Crippen molar-refractivity contribution in [3.05, 3.63) is 0 Å². The summed E-state index contributed by atoms with van der Waals surface area (Å²) in [7, 11) is 0. The number of rotatable bonds is 11. The van der Waals surface area contributed by atoms with Crippen LogP contribution in [-0.2, 0) is 0 Å². The zero-order valence-electron chi connectivity index (χ0n) is 12.3. The summed E-state index contributed by atoms with van der Waals surface area (Å²) >= 11 is 0. The lowest BCUT2D eigenvalue weighted by atomic mass is 10.0. The maximum atomic E-state index is 10.2. The van der Waals surface area contributed by atoms with E-state index in [0.29, 0.717) is 0 Å². The van der Waals surface area contributed by atoms with Crippen LogP contribution in [-0.4, -0.2) is 23.8 Å². The highest BCUT2D eigenvalue weighted by atomic mass is 16.3. The summed E-state index contributed by atoms with van der Waals surface area (Å²) in [6, 6.07) is 0. The van der Waals surface area contributed by atoms with Gasteiger partial charge in [0, 0.05) is 6.54 Å². The Morgan fingerprint density at radius 2 is 1.44 bits per heavy atom. The molecule has 1 rings (SSSR count). The van der Waals surface area contributed by atoms with Gasteiger partial charge >= 0.3 is 0 Å². The smallest absolute Gasteiger partial charge is 0.0771 e. The summed E-state index contributed by atoms with van der Waals surface area (Å²) in [5, 5.41) is 13.6. The van der Waals surface area contributed by atoms with Gasteiger partial charge in [0.1, 0.15) is 0 Å². The maximum Gasteiger partial charge on any atom is 0.0771 e. The quantitative estimate of drug-likeness (QED) is 0.547. The van der Waals surface area contributed by atoms with Gasteiger partial charge in [0.25, 0.3) is 0 Å². The van der Waals surface area contributed by atoms with E-state index in [1.807, 2.05) is 0 Å². The minimum atomic E-state index is -0.375. The van der Waals surface area contributed by atoms with Crippen LogP contribution in [0.25, 0.3) is 0 Å². The van der Waals surface area contributed by atoms with Crippen molar-refractivity contribution in [2.75, 3.05) is 13.1 Å². The Hall–Kier alpha value is -0.0800. The molecule has 0 aromatic rings. The summed E-state index contributed by atoms with van der Waals surface area (Å²) in [6.07, 6.45) is 15.4. The Balaban J connectivity index is 1.78. The fourth-order valence-corrected chi connectivity index (χ4v) is 2.91. The first kappa shape index (κ1) is 16.0. The predicted molar refractivity (Wildman–Crippen MR) is 78.9 cm³/mol. The fraction of sp³-hybridized carbons (Fsp3) is 1.00. The molecule has 0 aromatic carbocycles. The second-order valence-electron chi connectivity index (χ2n) is 6.08. The van der Waals surface area contributed by atoms with Crippen LogP contribution in [0.4, 0.5) is 0 Å². The predicted octanol–water partition coefficient (Wildman–Crippen LogP) is 4.02. The van der Waals surface area contributed by atoms with Gasteiger partial charge in [0.15, 0.2) is 0 Å². The molecule has 108 valence electrons. The van der Waals surface area contributed by atoms with Crippen molar-refractivity contribution in [1.29, 1.82) is 0 Å². The van der Waals surface area contributed by atoms with Crippen LogP contribution in [0, 0.1) is 0 Å². The standard InChI is InChI=1S/C16H33NO/c1-2-3-4-5-6-7-8-11-14-17-15-16(18)12-9-10-13-16/h17-18H,2-15H2,1H3. The van der Waals surface area contributed by atoms with Crippen molar-refractivity contribution in [2.24, 2.45) is 0 Å². The second-order valence-corrected chi connectivity index (χ2v) is 6.08. The molecule has 2 N–H and O–H groups in total. The molecule has 2 heteroatoms. The SMILES string of the molecule is CCCCCCCCCCNCC1(O)CCCC1. The molecule has 1 aliphatic carbocycles. The Morgan fingerprint density at radius 3 is 2.06 bits per heavy atom. The second kappa shape index (κ2) is 9.80. The Kier molecular flexibility index (Phi) is 8.70. The first-order valence-corrected chi connectivity index (χ1v) is 8.20. The highest BCUT2D eigenvalue weighted by molar-refractivity contribution is 4.85. The van der Waals surface area contributed by atoms with E-state index in [0.717, 1.165) is 25.9 Å². The average Bonchev–Trinajstić information content (AvgIpc) is 2.79. The Bertz CT molecular complexity index is 188. The number of aliphatic hydroxyl groups is 1. The van der Waals surface area contributed by atoms with Crippen LogP contribution < -0.4 is 5.32 Å². The molecular weight excluding hydrogens is 222 g/mol. The van der Waals surface area contributed by atoms with Crippen LogP contribution >= 0.6 is 0 Å². The van der Waals surface area contributed by atoms with Crippen LogP contribution in [0.5, 0.6) is 0 Å². The zero-order chi connectivity index (χ0) is 13.1. The van der Waals surface area contributed by atoms with E-state index in [2.05, 4.69) is 12.2 Å². The first-order valence-electron chi connectivity index (χ1n) is 8.20. The first-order chi connectivity index (χ1) is 8.77. The van der Waals surface area contributed by atoms with E-state index in [1.165, 1.54) is 64.2 Å². The number of unbranched alkanes of at least 4 members (excludes halogenated alkanes) is 7. The van der Waals surface area contributed by atoms with Crippen LogP contribution in [0.1, 0.15) is 84.0 Å². The monoisotopic (exact) mass is 255 g/mol. The van der Waals surface area contributed by atoms with Crippen molar-refractivity contribution in [3.63, 3.8) is 0 Å². The molecule has 0 amide bonds. The summed E-state index contributed by atoms with van der Waals surface area (Å²) in [5.74, 6) is 0. The van der Waals surface area contributed by atoms with Gasteiger partial charge in [-0.15, -0.1) is 0 Å². The molecule has 0 unspecified atom stereocenters. The number of hydrogen-bond acceptors (Lipinski definition) is 2. The van der Waals surface area contributed by atoms with Gasteiger partial charge in [-0.25, -0.2) is 0 Å². The largest absolute Gasteiger partial charge is 0.389 e. The third-order valence-electron chi connectivity index (χ3n) is 4.20. The molecule has 1 fully saturated rings. The van der Waals surface area contributed by atoms with E-state index in [4.69, 9.17) is 0 Å². The van der Waals surface area contributed by atoms with Gasteiger partial charge in [-0.3, -0.25) is 0 Å². The lowest BCUT2D eigenvalue weighted by molar-refractivity contribution is 0.0479. The van der Waals surface area contributed by atoms with Gasteiger partial charge in [-0.05, 0) is 25.8 Å². The molecule has 0 aromatic heterocycles. The van der Waals surface area contributed by atoms with E-state index in [1.54, 1.807) is 0 Å². The average molecular weight is 255 g/mol. The summed E-state index contributed by atoms with van der Waals surface area (Å²) in [6.45, 7) is 4.16. The Labute approximate surface area is 114 Å². The van der Waals surface area contributed by atoms with E-state index >= 15 is 0 Å².